The summed E-state index contributed by atoms with van der Waals surface area (Å²) in [7, 11) is 1.52. The lowest BCUT2D eigenvalue weighted by Crippen LogP contribution is -2.08. The Morgan fingerprint density at radius 3 is 2.57 bits per heavy atom. The molecule has 0 spiro atoms. The second-order valence-electron chi connectivity index (χ2n) is 2.95. The second kappa shape index (κ2) is 5.73. The highest BCUT2D eigenvalue weighted by molar-refractivity contribution is 5.85. The lowest BCUT2D eigenvalue weighted by atomic mass is 10.1. The lowest BCUT2D eigenvalue weighted by Gasteiger charge is -2.10. The van der Waals surface area contributed by atoms with Crippen molar-refractivity contribution in [2.45, 2.75) is 19.4 Å². The molecule has 0 amide bonds. The van der Waals surface area contributed by atoms with E-state index in [4.69, 9.17) is 10.5 Å². The van der Waals surface area contributed by atoms with Crippen LogP contribution in [0.25, 0.3) is 0 Å². The van der Waals surface area contributed by atoms with Gasteiger partial charge >= 0.3 is 0 Å². The molecule has 0 aliphatic carbocycles. The molecule has 0 fully saturated rings. The fraction of sp³-hybridized carbons (Fsp3) is 0.400. The average molecular weight is 218 g/mol. The number of benzene rings is 1. The van der Waals surface area contributed by atoms with Gasteiger partial charge in [-0.05, 0) is 24.1 Å². The van der Waals surface area contributed by atoms with Crippen LogP contribution < -0.4 is 10.5 Å². The van der Waals surface area contributed by atoms with Gasteiger partial charge in [0.25, 0.3) is 0 Å². The van der Waals surface area contributed by atoms with E-state index in [0.717, 1.165) is 12.0 Å². The largest absolute Gasteiger partial charge is 0.504 e. The summed E-state index contributed by atoms with van der Waals surface area (Å²) in [5.74, 6) is 0.621. The first kappa shape index (κ1) is 13.1. The van der Waals surface area contributed by atoms with E-state index in [1.54, 1.807) is 12.1 Å². The third kappa shape index (κ3) is 2.79. The Balaban J connectivity index is 0.00000169. The molecule has 4 heteroatoms. The van der Waals surface area contributed by atoms with Crippen molar-refractivity contribution in [1.29, 1.82) is 0 Å². The second-order valence-corrected chi connectivity index (χ2v) is 2.95. The fourth-order valence-corrected chi connectivity index (χ4v) is 1.17. The van der Waals surface area contributed by atoms with Gasteiger partial charge in [-0.1, -0.05) is 13.0 Å². The zero-order chi connectivity index (χ0) is 9.84. The Bertz CT molecular complexity index is 291. The zero-order valence-electron chi connectivity index (χ0n) is 8.36. The summed E-state index contributed by atoms with van der Waals surface area (Å²) >= 11 is 0. The van der Waals surface area contributed by atoms with E-state index in [9.17, 15) is 5.11 Å². The summed E-state index contributed by atoms with van der Waals surface area (Å²) in [6.45, 7) is 2.01. The quantitative estimate of drug-likeness (QED) is 0.817. The van der Waals surface area contributed by atoms with Crippen LogP contribution in [-0.4, -0.2) is 12.2 Å². The van der Waals surface area contributed by atoms with E-state index < -0.39 is 0 Å². The molecule has 0 bridgehead atoms. The maximum Gasteiger partial charge on any atom is 0.160 e. The van der Waals surface area contributed by atoms with Crippen LogP contribution in [0, 0.1) is 0 Å². The van der Waals surface area contributed by atoms with E-state index in [2.05, 4.69) is 0 Å². The first-order valence-electron chi connectivity index (χ1n) is 4.31. The lowest BCUT2D eigenvalue weighted by molar-refractivity contribution is 0.372. The molecule has 0 saturated heterocycles. The summed E-state index contributed by atoms with van der Waals surface area (Å²) in [6, 6.07) is 5.22. The van der Waals surface area contributed by atoms with Crippen molar-refractivity contribution in [1.82, 2.24) is 0 Å². The Morgan fingerprint density at radius 2 is 2.14 bits per heavy atom. The molecule has 0 saturated carbocycles. The summed E-state index contributed by atoms with van der Waals surface area (Å²) < 4.78 is 4.92. The molecule has 0 unspecified atom stereocenters. The topological polar surface area (TPSA) is 55.5 Å². The third-order valence-corrected chi connectivity index (χ3v) is 2.07. The predicted molar refractivity (Wildman–Crippen MR) is 59.1 cm³/mol. The molecule has 0 heterocycles. The van der Waals surface area contributed by atoms with Crippen molar-refractivity contribution in [3.05, 3.63) is 23.8 Å². The first-order valence-corrected chi connectivity index (χ1v) is 4.31. The normalized spacial score (nSPS) is 11.6. The van der Waals surface area contributed by atoms with Gasteiger partial charge < -0.3 is 15.6 Å². The number of methoxy groups -OCH3 is 1. The molecule has 80 valence electrons. The molecule has 0 aromatic heterocycles. The first-order chi connectivity index (χ1) is 6.19. The highest BCUT2D eigenvalue weighted by atomic mass is 35.5. The van der Waals surface area contributed by atoms with Crippen molar-refractivity contribution in [3.63, 3.8) is 0 Å². The molecule has 0 aliphatic rings. The third-order valence-electron chi connectivity index (χ3n) is 2.07. The van der Waals surface area contributed by atoms with Gasteiger partial charge in [0.2, 0.25) is 0 Å². The van der Waals surface area contributed by atoms with Gasteiger partial charge in [-0.25, -0.2) is 0 Å². The number of hydrogen-bond donors (Lipinski definition) is 2. The number of nitrogens with two attached hydrogens (primary N) is 1. The van der Waals surface area contributed by atoms with Crippen LogP contribution in [0.15, 0.2) is 18.2 Å². The number of phenolic OH excluding ortho intramolecular Hbond substituents is 1. The maximum atomic E-state index is 9.46. The van der Waals surface area contributed by atoms with Gasteiger partial charge in [-0.15, -0.1) is 12.4 Å². The van der Waals surface area contributed by atoms with Crippen molar-refractivity contribution in [3.8, 4) is 11.5 Å². The van der Waals surface area contributed by atoms with Gasteiger partial charge in [-0.2, -0.15) is 0 Å². The van der Waals surface area contributed by atoms with Crippen LogP contribution in [-0.2, 0) is 0 Å². The van der Waals surface area contributed by atoms with E-state index in [1.807, 2.05) is 13.0 Å². The highest BCUT2D eigenvalue weighted by Crippen LogP contribution is 2.28. The van der Waals surface area contributed by atoms with Gasteiger partial charge in [0.05, 0.1) is 7.11 Å². The minimum absolute atomic E-state index is 0. The summed E-state index contributed by atoms with van der Waals surface area (Å²) in [6.07, 6.45) is 0.853. The standard InChI is InChI=1S/C10H15NO2.ClH/c1-3-8(11)7-4-5-10(13-2)9(12)6-7;/h4-6,8,12H,3,11H2,1-2H3;1H/t8-;/m0./s1. The molecule has 0 aliphatic heterocycles. The number of hydrogen-bond acceptors (Lipinski definition) is 3. The van der Waals surface area contributed by atoms with E-state index in [1.165, 1.54) is 7.11 Å². The SMILES string of the molecule is CC[C@H](N)c1ccc(OC)c(O)c1.Cl. The van der Waals surface area contributed by atoms with Gasteiger partial charge in [0, 0.05) is 6.04 Å². The number of rotatable bonds is 3. The Kier molecular flexibility index (Phi) is 5.35. The molecule has 3 nitrogen and oxygen atoms in total. The zero-order valence-corrected chi connectivity index (χ0v) is 9.17. The predicted octanol–water partition coefficient (Wildman–Crippen LogP) is 2.23. The van der Waals surface area contributed by atoms with Crippen molar-refractivity contribution < 1.29 is 9.84 Å². The van der Waals surface area contributed by atoms with Gasteiger partial charge in [0.15, 0.2) is 11.5 Å². The van der Waals surface area contributed by atoms with E-state index >= 15 is 0 Å². The molecule has 1 rings (SSSR count). The minimum Gasteiger partial charge on any atom is -0.504 e. The monoisotopic (exact) mass is 217 g/mol. The Morgan fingerprint density at radius 1 is 1.50 bits per heavy atom. The summed E-state index contributed by atoms with van der Waals surface area (Å²) in [4.78, 5) is 0. The number of halogens is 1. The molecule has 0 radical (unpaired) electrons. The molecular weight excluding hydrogens is 202 g/mol. The number of aromatic hydroxyl groups is 1. The van der Waals surface area contributed by atoms with Gasteiger partial charge in [-0.3, -0.25) is 0 Å². The van der Waals surface area contributed by atoms with Crippen molar-refractivity contribution in [2.75, 3.05) is 7.11 Å². The van der Waals surface area contributed by atoms with Crippen LogP contribution in [0.5, 0.6) is 11.5 Å². The minimum atomic E-state index is -0.0168. The average Bonchev–Trinajstić information content (AvgIpc) is 2.16. The van der Waals surface area contributed by atoms with Crippen LogP contribution in [0.3, 0.4) is 0 Å². The van der Waals surface area contributed by atoms with Crippen molar-refractivity contribution in [2.24, 2.45) is 5.73 Å². The molecule has 1 atom stereocenters. The van der Waals surface area contributed by atoms with Crippen LogP contribution >= 0.6 is 12.4 Å². The summed E-state index contributed by atoms with van der Waals surface area (Å²) in [5, 5.41) is 9.46. The van der Waals surface area contributed by atoms with Crippen LogP contribution in [0.2, 0.25) is 0 Å². The van der Waals surface area contributed by atoms with E-state index in [-0.39, 0.29) is 24.2 Å². The Labute approximate surface area is 90.3 Å². The molecule has 1 aromatic carbocycles. The van der Waals surface area contributed by atoms with Crippen molar-refractivity contribution >= 4 is 12.4 Å². The fourth-order valence-electron chi connectivity index (χ4n) is 1.17. The molecule has 1 aromatic rings. The van der Waals surface area contributed by atoms with Gasteiger partial charge in [0.1, 0.15) is 0 Å². The smallest absolute Gasteiger partial charge is 0.160 e. The highest BCUT2D eigenvalue weighted by Gasteiger charge is 2.06. The Hall–Kier alpha value is -0.930. The van der Waals surface area contributed by atoms with Crippen LogP contribution in [0.1, 0.15) is 24.9 Å². The van der Waals surface area contributed by atoms with Crippen LogP contribution in [0.4, 0.5) is 0 Å². The number of ether oxygens (including phenoxy) is 1. The molecular formula is C10H16ClNO2. The summed E-state index contributed by atoms with van der Waals surface area (Å²) in [5.41, 5.74) is 6.73. The van der Waals surface area contributed by atoms with E-state index in [0.29, 0.717) is 5.75 Å². The number of phenols is 1. The molecule has 14 heavy (non-hydrogen) atoms. The maximum absolute atomic E-state index is 9.46. The molecule has 3 N–H and O–H groups in total.